The molecule has 208 valence electrons. The fourth-order valence-corrected chi connectivity index (χ4v) is 5.46. The van der Waals surface area contributed by atoms with E-state index in [-0.39, 0.29) is 42.3 Å². The number of nitrogens with zero attached hydrogens (tertiary/aromatic N) is 4. The molecule has 11 heteroatoms. The number of hydrogen-bond donors (Lipinski definition) is 2. The van der Waals surface area contributed by atoms with E-state index in [1.807, 2.05) is 13.1 Å². The summed E-state index contributed by atoms with van der Waals surface area (Å²) in [5.74, 6) is -0.0510. The van der Waals surface area contributed by atoms with Crippen LogP contribution in [0.15, 0.2) is 42.7 Å². The first-order valence-electron chi connectivity index (χ1n) is 13.0. The summed E-state index contributed by atoms with van der Waals surface area (Å²) in [5, 5.41) is 20.6. The molecule has 0 saturated heterocycles. The fraction of sp³-hybridized carbons (Fsp3) is 0.464. The Morgan fingerprint density at radius 3 is 2.67 bits per heavy atom. The number of anilines is 1. The first-order valence-corrected chi connectivity index (χ1v) is 13.0. The number of halogens is 3. The molecular weight excluding hydrogens is 511 g/mol. The Bertz CT molecular complexity index is 1350. The minimum atomic E-state index is -4.58. The number of rotatable bonds is 10. The van der Waals surface area contributed by atoms with Crippen LogP contribution >= 0.6 is 0 Å². The second kappa shape index (κ2) is 10.7. The van der Waals surface area contributed by atoms with Crippen molar-refractivity contribution in [2.75, 3.05) is 18.3 Å². The van der Waals surface area contributed by atoms with Gasteiger partial charge in [-0.05, 0) is 73.6 Å². The zero-order valence-electron chi connectivity index (χ0n) is 22.0. The Labute approximate surface area is 224 Å². The van der Waals surface area contributed by atoms with E-state index in [2.05, 4.69) is 22.4 Å². The molecule has 1 aliphatic carbocycles. The second-order valence-electron chi connectivity index (χ2n) is 10.6. The summed E-state index contributed by atoms with van der Waals surface area (Å²) in [6.45, 7) is 2.02. The average Bonchev–Trinajstić information content (AvgIpc) is 3.46. The van der Waals surface area contributed by atoms with Crippen LogP contribution in [0.4, 0.5) is 18.9 Å². The minimum Gasteiger partial charge on any atom is -0.371 e. The van der Waals surface area contributed by atoms with Gasteiger partial charge in [-0.1, -0.05) is 12.1 Å². The highest BCUT2D eigenvalue weighted by molar-refractivity contribution is 6.10. The van der Waals surface area contributed by atoms with Gasteiger partial charge in [-0.25, -0.2) is 0 Å². The zero-order chi connectivity index (χ0) is 27.8. The highest BCUT2D eigenvalue weighted by atomic mass is 19.4. The summed E-state index contributed by atoms with van der Waals surface area (Å²) in [6, 6.07) is 9.94. The third-order valence-corrected chi connectivity index (χ3v) is 7.87. The van der Waals surface area contributed by atoms with Gasteiger partial charge in [0.05, 0.1) is 18.7 Å². The van der Waals surface area contributed by atoms with Crippen molar-refractivity contribution in [1.82, 2.24) is 20.1 Å². The van der Waals surface area contributed by atoms with Crippen LogP contribution in [0.1, 0.15) is 77.0 Å². The van der Waals surface area contributed by atoms with Gasteiger partial charge in [-0.3, -0.25) is 4.79 Å². The van der Waals surface area contributed by atoms with Gasteiger partial charge >= 0.3 is 6.18 Å². The largest absolute Gasteiger partial charge is 0.416 e. The normalized spacial score (nSPS) is 17.3. The van der Waals surface area contributed by atoms with E-state index in [1.54, 1.807) is 35.2 Å². The maximum Gasteiger partial charge on any atom is 0.416 e. The highest BCUT2D eigenvalue weighted by Gasteiger charge is 2.41. The van der Waals surface area contributed by atoms with Crippen LogP contribution in [0.3, 0.4) is 0 Å². The Kier molecular flexibility index (Phi) is 7.49. The molecule has 0 bridgehead atoms. The zero-order valence-corrected chi connectivity index (χ0v) is 22.0. The smallest absolute Gasteiger partial charge is 0.371 e. The van der Waals surface area contributed by atoms with Crippen molar-refractivity contribution in [3.05, 3.63) is 76.4 Å². The number of aliphatic hydroxyl groups is 1. The minimum absolute atomic E-state index is 0.00212. The van der Waals surface area contributed by atoms with Gasteiger partial charge in [0.2, 0.25) is 0 Å². The summed E-state index contributed by atoms with van der Waals surface area (Å²) < 4.78 is 49.4. The Morgan fingerprint density at radius 1 is 1.23 bits per heavy atom. The Hall–Kier alpha value is -3.28. The van der Waals surface area contributed by atoms with Crippen LogP contribution < -0.4 is 10.2 Å². The summed E-state index contributed by atoms with van der Waals surface area (Å²) in [5.41, 5.74) is 1.01. The van der Waals surface area contributed by atoms with Gasteiger partial charge < -0.3 is 24.6 Å². The molecule has 39 heavy (non-hydrogen) atoms. The maximum atomic E-state index is 14.1. The van der Waals surface area contributed by atoms with E-state index in [9.17, 15) is 18.0 Å². The average molecular weight is 544 g/mol. The molecule has 1 saturated carbocycles. The fourth-order valence-electron chi connectivity index (χ4n) is 5.46. The number of aryl methyl sites for hydroxylation is 1. The first-order chi connectivity index (χ1) is 18.6. The van der Waals surface area contributed by atoms with Crippen LogP contribution in [-0.4, -0.2) is 44.7 Å². The number of benzene rings is 2. The van der Waals surface area contributed by atoms with Crippen LogP contribution in [0.25, 0.3) is 0 Å². The lowest BCUT2D eigenvalue weighted by atomic mass is 9.78. The van der Waals surface area contributed by atoms with Crippen LogP contribution in [0.5, 0.6) is 0 Å². The van der Waals surface area contributed by atoms with E-state index < -0.39 is 24.4 Å². The molecule has 2 N–H and O–H groups in total. The van der Waals surface area contributed by atoms with Gasteiger partial charge in [-0.15, -0.1) is 10.2 Å². The number of aromatic nitrogens is 3. The summed E-state index contributed by atoms with van der Waals surface area (Å²) >= 11 is 0. The molecule has 2 aliphatic rings. The predicted molar refractivity (Wildman–Crippen MR) is 138 cm³/mol. The van der Waals surface area contributed by atoms with Gasteiger partial charge in [0, 0.05) is 36.3 Å². The molecule has 1 aliphatic heterocycles. The summed E-state index contributed by atoms with van der Waals surface area (Å²) in [4.78, 5) is 14.9. The van der Waals surface area contributed by atoms with E-state index >= 15 is 0 Å². The van der Waals surface area contributed by atoms with Crippen molar-refractivity contribution < 1.29 is 27.8 Å². The SMILES string of the molecule is Cn1cnnc1[C@H](CCOCO)c1cccc(N2Cc3c(cc(CNC4(C)CCC4)cc3C(F)(F)F)C2=O)c1. The lowest BCUT2D eigenvalue weighted by molar-refractivity contribution is -0.138. The maximum absolute atomic E-state index is 14.1. The number of hydrogen-bond acceptors (Lipinski definition) is 6. The Balaban J connectivity index is 1.45. The summed E-state index contributed by atoms with van der Waals surface area (Å²) in [6.07, 6.45) is 0.541. The van der Waals surface area contributed by atoms with Crippen LogP contribution in [0.2, 0.25) is 0 Å². The van der Waals surface area contributed by atoms with Gasteiger partial charge in [0.25, 0.3) is 5.91 Å². The molecular formula is C28H32F3N5O3. The summed E-state index contributed by atoms with van der Waals surface area (Å²) in [7, 11) is 1.82. The third-order valence-electron chi connectivity index (χ3n) is 7.87. The molecule has 8 nitrogen and oxygen atoms in total. The van der Waals surface area contributed by atoms with Crippen molar-refractivity contribution in [2.45, 2.75) is 63.3 Å². The van der Waals surface area contributed by atoms with Gasteiger partial charge in [-0.2, -0.15) is 13.2 Å². The molecule has 1 atom stereocenters. The molecule has 2 heterocycles. The quantitative estimate of drug-likeness (QED) is 0.289. The number of alkyl halides is 3. The van der Waals surface area contributed by atoms with E-state index in [0.717, 1.165) is 24.8 Å². The lowest BCUT2D eigenvalue weighted by Gasteiger charge is -2.39. The molecule has 1 fully saturated rings. The monoisotopic (exact) mass is 543 g/mol. The van der Waals surface area contributed by atoms with Crippen LogP contribution in [0, 0.1) is 0 Å². The van der Waals surface area contributed by atoms with E-state index in [1.165, 1.54) is 11.0 Å². The topological polar surface area (TPSA) is 92.5 Å². The molecule has 0 radical (unpaired) electrons. The van der Waals surface area contributed by atoms with Crippen molar-refractivity contribution in [3.8, 4) is 0 Å². The van der Waals surface area contributed by atoms with Gasteiger partial charge in [0.15, 0.2) is 0 Å². The number of carbonyl (C=O) groups excluding carboxylic acids is 1. The molecule has 2 aromatic carbocycles. The van der Waals surface area contributed by atoms with E-state index in [0.29, 0.717) is 23.5 Å². The predicted octanol–water partition coefficient (Wildman–Crippen LogP) is 4.51. The van der Waals surface area contributed by atoms with Gasteiger partial charge in [0.1, 0.15) is 18.9 Å². The standard InChI is InChI=1S/C28H32F3N5O3/c1-27(8-4-9-27)32-14-18-11-22-23(24(12-18)28(29,30)31)15-36(26(22)38)20-6-3-5-19(13-20)21(7-10-39-17-37)25-34-33-16-35(25)2/h3,5-6,11-13,16,21,32,37H,4,7-10,14-15,17H2,1-2H3/t21-/m1/s1. The van der Waals surface area contributed by atoms with E-state index in [4.69, 9.17) is 9.84 Å². The van der Waals surface area contributed by atoms with Crippen molar-refractivity contribution >= 4 is 11.6 Å². The molecule has 1 aromatic heterocycles. The first kappa shape index (κ1) is 27.3. The third kappa shape index (κ3) is 5.57. The highest BCUT2D eigenvalue weighted by Crippen LogP contribution is 2.40. The molecule has 3 aromatic rings. The van der Waals surface area contributed by atoms with Crippen molar-refractivity contribution in [3.63, 3.8) is 0 Å². The number of amides is 1. The molecule has 0 spiro atoms. The second-order valence-corrected chi connectivity index (χ2v) is 10.6. The Morgan fingerprint density at radius 2 is 2.03 bits per heavy atom. The van der Waals surface area contributed by atoms with Crippen molar-refractivity contribution in [2.24, 2.45) is 7.05 Å². The number of carbonyl (C=O) groups is 1. The number of nitrogens with one attached hydrogen (secondary N) is 1. The molecule has 5 rings (SSSR count). The lowest BCUT2D eigenvalue weighted by Crippen LogP contribution is -2.47. The van der Waals surface area contributed by atoms with Crippen LogP contribution in [-0.2, 0) is 31.1 Å². The molecule has 0 unspecified atom stereocenters. The molecule has 1 amide bonds. The number of ether oxygens (including phenoxy) is 1. The number of fused-ring (bicyclic) bond motifs is 1. The number of aliphatic hydroxyl groups excluding tert-OH is 1. The van der Waals surface area contributed by atoms with Crippen molar-refractivity contribution in [1.29, 1.82) is 0 Å².